The fraction of sp³-hybridized carbons (Fsp3) is 0.318. The number of thioether (sulfide) groups is 1. The second-order valence-corrected chi connectivity index (χ2v) is 8.99. The van der Waals surface area contributed by atoms with Gasteiger partial charge in [-0.15, -0.1) is 10.2 Å². The molecule has 0 radical (unpaired) electrons. The summed E-state index contributed by atoms with van der Waals surface area (Å²) < 4.78 is 12.7. The monoisotopic (exact) mass is 486 g/mol. The van der Waals surface area contributed by atoms with Crippen LogP contribution in [0.25, 0.3) is 11.3 Å². The molecule has 6 nitrogen and oxygen atoms in total. The highest BCUT2D eigenvalue weighted by Crippen LogP contribution is 2.41. The summed E-state index contributed by atoms with van der Waals surface area (Å²) in [5.74, 6) is 2.28. The maximum atomic E-state index is 6.35. The summed E-state index contributed by atoms with van der Waals surface area (Å²) in [4.78, 5) is 4.69. The lowest BCUT2D eigenvalue weighted by atomic mass is 10.1. The molecule has 4 rings (SSSR count). The fourth-order valence-corrected chi connectivity index (χ4v) is 4.48. The number of hydrogen-bond acceptors (Lipinski definition) is 7. The molecule has 0 saturated carbocycles. The molecule has 30 heavy (non-hydrogen) atoms. The third-order valence-electron chi connectivity index (χ3n) is 4.84. The first-order valence-electron chi connectivity index (χ1n) is 9.84. The van der Waals surface area contributed by atoms with Crippen LogP contribution in [0.3, 0.4) is 0 Å². The minimum Gasteiger partial charge on any atom is -0.496 e. The molecule has 3 aromatic rings. The summed E-state index contributed by atoms with van der Waals surface area (Å²) in [5.41, 5.74) is 4.47. The normalized spacial score (nSPS) is 14.7. The molecule has 8 heteroatoms. The van der Waals surface area contributed by atoms with Gasteiger partial charge in [-0.3, -0.25) is 0 Å². The molecule has 0 bridgehead atoms. The van der Waals surface area contributed by atoms with Crippen molar-refractivity contribution >= 4 is 33.4 Å². The van der Waals surface area contributed by atoms with Gasteiger partial charge in [0.25, 0.3) is 0 Å². The number of methoxy groups -OCH3 is 1. The molecule has 2 heterocycles. The molecule has 2 aromatic carbocycles. The van der Waals surface area contributed by atoms with E-state index in [1.54, 1.807) is 18.9 Å². The highest BCUT2D eigenvalue weighted by atomic mass is 79.9. The number of ether oxygens (including phenoxy) is 2. The summed E-state index contributed by atoms with van der Waals surface area (Å²) in [6, 6.07) is 12.0. The van der Waals surface area contributed by atoms with E-state index in [1.807, 2.05) is 37.3 Å². The number of hydrogen-bond donors (Lipinski definition) is 1. The number of aryl methyl sites for hydroxylation is 1. The van der Waals surface area contributed by atoms with Crippen LogP contribution in [-0.4, -0.2) is 28.0 Å². The SMILES string of the molecule is CCCCSc1nnc2c(n1)O[C@@H](c1ccc(OC)c(C)c1)Nc1ccc(Br)cc1-2. The second-order valence-electron chi connectivity index (χ2n) is 7.01. The molecule has 0 spiro atoms. The van der Waals surface area contributed by atoms with Crippen LogP contribution in [0.1, 0.15) is 37.1 Å². The van der Waals surface area contributed by atoms with Gasteiger partial charge in [0.15, 0.2) is 11.9 Å². The van der Waals surface area contributed by atoms with Crippen molar-refractivity contribution in [2.75, 3.05) is 18.2 Å². The van der Waals surface area contributed by atoms with Crippen molar-refractivity contribution in [1.82, 2.24) is 15.2 Å². The Hall–Kier alpha value is -2.32. The lowest BCUT2D eigenvalue weighted by Crippen LogP contribution is -2.17. The van der Waals surface area contributed by atoms with Crippen LogP contribution in [0, 0.1) is 6.92 Å². The number of nitrogens with one attached hydrogen (secondary N) is 1. The lowest BCUT2D eigenvalue weighted by molar-refractivity contribution is 0.225. The smallest absolute Gasteiger partial charge is 0.247 e. The molecule has 1 aromatic heterocycles. The standard InChI is InChI=1S/C22H23BrN4O2S/c1-4-5-10-30-22-25-21-19(26-27-22)16-12-15(23)7-8-17(16)24-20(29-21)14-6-9-18(28-3)13(2)11-14/h6-9,11-12,20,24H,4-5,10H2,1-3H3/t20-/m0/s1. The number of aromatic nitrogens is 3. The Morgan fingerprint density at radius 2 is 2.07 bits per heavy atom. The summed E-state index contributed by atoms with van der Waals surface area (Å²) in [5, 5.41) is 12.9. The van der Waals surface area contributed by atoms with Crippen LogP contribution in [0.15, 0.2) is 46.0 Å². The minimum atomic E-state index is -0.416. The van der Waals surface area contributed by atoms with Crippen LogP contribution >= 0.6 is 27.7 Å². The van der Waals surface area contributed by atoms with Crippen LogP contribution in [-0.2, 0) is 0 Å². The number of nitrogens with zero attached hydrogens (tertiary/aromatic N) is 3. The van der Waals surface area contributed by atoms with Gasteiger partial charge < -0.3 is 14.8 Å². The van der Waals surface area contributed by atoms with Gasteiger partial charge in [0.2, 0.25) is 11.0 Å². The average molecular weight is 487 g/mol. The van der Waals surface area contributed by atoms with E-state index in [0.717, 1.165) is 51.2 Å². The van der Waals surface area contributed by atoms with Gasteiger partial charge in [-0.25, -0.2) is 0 Å². The van der Waals surface area contributed by atoms with Crippen molar-refractivity contribution in [3.8, 4) is 22.9 Å². The van der Waals surface area contributed by atoms with Crippen molar-refractivity contribution in [2.24, 2.45) is 0 Å². The molecule has 0 aliphatic carbocycles. The average Bonchev–Trinajstić information content (AvgIpc) is 2.90. The molecule has 0 amide bonds. The second kappa shape index (κ2) is 9.22. The number of fused-ring (bicyclic) bond motifs is 3. The molecule has 1 atom stereocenters. The van der Waals surface area contributed by atoms with Crippen LogP contribution < -0.4 is 14.8 Å². The van der Waals surface area contributed by atoms with E-state index in [9.17, 15) is 0 Å². The largest absolute Gasteiger partial charge is 0.496 e. The van der Waals surface area contributed by atoms with Crippen molar-refractivity contribution in [3.05, 3.63) is 52.0 Å². The third-order valence-corrected chi connectivity index (χ3v) is 6.26. The lowest BCUT2D eigenvalue weighted by Gasteiger charge is -2.20. The molecule has 0 unspecified atom stereocenters. The zero-order valence-corrected chi connectivity index (χ0v) is 19.5. The van der Waals surface area contributed by atoms with Crippen LogP contribution in [0.2, 0.25) is 0 Å². The van der Waals surface area contributed by atoms with Gasteiger partial charge in [-0.05, 0) is 55.3 Å². The number of unbranched alkanes of at least 4 members (excludes halogenated alkanes) is 1. The van der Waals surface area contributed by atoms with Gasteiger partial charge in [0, 0.05) is 27.0 Å². The predicted octanol–water partition coefficient (Wildman–Crippen LogP) is 6.01. The molecule has 1 aliphatic heterocycles. The molecular weight excluding hydrogens is 464 g/mol. The number of halogens is 1. The predicted molar refractivity (Wildman–Crippen MR) is 123 cm³/mol. The quantitative estimate of drug-likeness (QED) is 0.337. The molecule has 0 fully saturated rings. The number of anilines is 1. The maximum absolute atomic E-state index is 6.35. The Labute approximate surface area is 188 Å². The Balaban J connectivity index is 1.76. The summed E-state index contributed by atoms with van der Waals surface area (Å²) in [6.45, 7) is 4.19. The fourth-order valence-electron chi connectivity index (χ4n) is 3.25. The maximum Gasteiger partial charge on any atom is 0.247 e. The molecular formula is C22H23BrN4O2S. The number of benzene rings is 2. The van der Waals surface area contributed by atoms with Gasteiger partial charge >= 0.3 is 0 Å². The highest BCUT2D eigenvalue weighted by molar-refractivity contribution is 9.10. The van der Waals surface area contributed by atoms with E-state index in [1.165, 1.54) is 0 Å². The first-order valence-corrected chi connectivity index (χ1v) is 11.6. The van der Waals surface area contributed by atoms with Gasteiger partial charge in [0.1, 0.15) is 5.75 Å². The van der Waals surface area contributed by atoms with Gasteiger partial charge in [0.05, 0.1) is 7.11 Å². The molecule has 1 N–H and O–H groups in total. The van der Waals surface area contributed by atoms with Gasteiger partial charge in [-0.1, -0.05) is 41.0 Å². The van der Waals surface area contributed by atoms with E-state index < -0.39 is 6.23 Å². The van der Waals surface area contributed by atoms with Gasteiger partial charge in [-0.2, -0.15) is 4.98 Å². The Morgan fingerprint density at radius 3 is 2.83 bits per heavy atom. The Bertz CT molecular complexity index is 1060. The Morgan fingerprint density at radius 1 is 1.20 bits per heavy atom. The summed E-state index contributed by atoms with van der Waals surface area (Å²) in [7, 11) is 1.67. The first kappa shape index (κ1) is 20.9. The number of rotatable bonds is 6. The highest BCUT2D eigenvalue weighted by Gasteiger charge is 2.26. The van der Waals surface area contributed by atoms with Crippen LogP contribution in [0.4, 0.5) is 5.69 Å². The summed E-state index contributed by atoms with van der Waals surface area (Å²) >= 11 is 5.16. The van der Waals surface area contributed by atoms with E-state index in [-0.39, 0.29) is 0 Å². The van der Waals surface area contributed by atoms with Crippen molar-refractivity contribution in [1.29, 1.82) is 0 Å². The molecule has 156 valence electrons. The van der Waals surface area contributed by atoms with E-state index in [4.69, 9.17) is 14.5 Å². The van der Waals surface area contributed by atoms with E-state index in [2.05, 4.69) is 44.4 Å². The van der Waals surface area contributed by atoms with Crippen molar-refractivity contribution in [2.45, 2.75) is 38.1 Å². The summed E-state index contributed by atoms with van der Waals surface area (Å²) in [6.07, 6.45) is 1.82. The topological polar surface area (TPSA) is 69.2 Å². The first-order chi connectivity index (χ1) is 14.6. The molecule has 1 aliphatic rings. The van der Waals surface area contributed by atoms with Crippen molar-refractivity contribution in [3.63, 3.8) is 0 Å². The zero-order chi connectivity index (χ0) is 21.1. The molecule has 0 saturated heterocycles. The van der Waals surface area contributed by atoms with Crippen molar-refractivity contribution < 1.29 is 9.47 Å². The Kier molecular flexibility index (Phi) is 6.43. The third kappa shape index (κ3) is 4.39. The minimum absolute atomic E-state index is 0.416. The van der Waals surface area contributed by atoms with E-state index in [0.29, 0.717) is 16.7 Å². The zero-order valence-electron chi connectivity index (χ0n) is 17.1. The van der Waals surface area contributed by atoms with E-state index >= 15 is 0 Å². The van der Waals surface area contributed by atoms with Crippen LogP contribution in [0.5, 0.6) is 11.6 Å².